The standard InChI is InChI=1S/C9H11N5/c1-6-8(13-9(12-6)14-10)7-4-2-3-5-11-7/h2-5H,10H2,1H3,(H2,12,13,14). The van der Waals surface area contributed by atoms with E-state index in [2.05, 4.69) is 20.4 Å². The molecule has 0 unspecified atom stereocenters. The van der Waals surface area contributed by atoms with Crippen LogP contribution in [0.5, 0.6) is 0 Å². The molecule has 5 heteroatoms. The minimum Gasteiger partial charge on any atom is -0.327 e. The maximum absolute atomic E-state index is 5.25. The Morgan fingerprint density at radius 2 is 2.29 bits per heavy atom. The van der Waals surface area contributed by atoms with Gasteiger partial charge in [-0.3, -0.25) is 10.4 Å². The molecule has 0 bridgehead atoms. The number of rotatable bonds is 2. The van der Waals surface area contributed by atoms with Crippen molar-refractivity contribution in [3.63, 3.8) is 0 Å². The number of hydrazine groups is 1. The summed E-state index contributed by atoms with van der Waals surface area (Å²) in [6.45, 7) is 1.93. The Morgan fingerprint density at radius 1 is 1.43 bits per heavy atom. The smallest absolute Gasteiger partial charge is 0.215 e. The number of nitrogens with one attached hydrogen (secondary N) is 2. The molecule has 0 aromatic carbocycles. The molecule has 5 nitrogen and oxygen atoms in total. The van der Waals surface area contributed by atoms with Crippen molar-refractivity contribution in [2.75, 3.05) is 5.43 Å². The number of hydrogen-bond acceptors (Lipinski definition) is 4. The quantitative estimate of drug-likeness (QED) is 0.487. The van der Waals surface area contributed by atoms with Gasteiger partial charge in [0.2, 0.25) is 5.95 Å². The van der Waals surface area contributed by atoms with Gasteiger partial charge >= 0.3 is 0 Å². The van der Waals surface area contributed by atoms with Crippen molar-refractivity contribution in [3.8, 4) is 11.4 Å². The van der Waals surface area contributed by atoms with Crippen LogP contribution in [0.2, 0.25) is 0 Å². The maximum atomic E-state index is 5.25. The normalized spacial score (nSPS) is 10.1. The average molecular weight is 189 g/mol. The van der Waals surface area contributed by atoms with Crippen molar-refractivity contribution in [1.82, 2.24) is 15.0 Å². The third-order valence-corrected chi connectivity index (χ3v) is 1.93. The molecular weight excluding hydrogens is 178 g/mol. The summed E-state index contributed by atoms with van der Waals surface area (Å²) in [5.41, 5.74) is 5.06. The van der Waals surface area contributed by atoms with Crippen LogP contribution in [0.25, 0.3) is 11.4 Å². The fourth-order valence-electron chi connectivity index (χ4n) is 1.28. The Hall–Kier alpha value is -1.88. The van der Waals surface area contributed by atoms with Crippen LogP contribution in [0.1, 0.15) is 5.69 Å². The summed E-state index contributed by atoms with van der Waals surface area (Å²) in [5, 5.41) is 0. The van der Waals surface area contributed by atoms with Crippen molar-refractivity contribution in [1.29, 1.82) is 0 Å². The Balaban J connectivity index is 2.46. The molecule has 0 aliphatic carbocycles. The van der Waals surface area contributed by atoms with E-state index >= 15 is 0 Å². The number of imidazole rings is 1. The summed E-state index contributed by atoms with van der Waals surface area (Å²) >= 11 is 0. The first-order chi connectivity index (χ1) is 6.81. The third-order valence-electron chi connectivity index (χ3n) is 1.93. The Kier molecular flexibility index (Phi) is 2.16. The lowest BCUT2D eigenvalue weighted by Crippen LogP contribution is -2.07. The largest absolute Gasteiger partial charge is 0.327 e. The van der Waals surface area contributed by atoms with Crippen LogP contribution in [-0.2, 0) is 0 Å². The number of aromatic nitrogens is 3. The Labute approximate surface area is 81.4 Å². The van der Waals surface area contributed by atoms with Crippen LogP contribution < -0.4 is 11.3 Å². The molecular formula is C9H11N5. The highest BCUT2D eigenvalue weighted by Crippen LogP contribution is 2.19. The SMILES string of the molecule is Cc1[nH]c(NN)nc1-c1ccccn1. The minimum absolute atomic E-state index is 0.545. The van der Waals surface area contributed by atoms with Crippen molar-refractivity contribution in [2.45, 2.75) is 6.92 Å². The van der Waals surface area contributed by atoms with E-state index < -0.39 is 0 Å². The molecule has 0 amide bonds. The molecule has 14 heavy (non-hydrogen) atoms. The summed E-state index contributed by atoms with van der Waals surface area (Å²) in [4.78, 5) is 11.5. The first-order valence-electron chi connectivity index (χ1n) is 4.26. The van der Waals surface area contributed by atoms with Gasteiger partial charge in [-0.1, -0.05) is 6.07 Å². The van der Waals surface area contributed by atoms with Crippen molar-refractivity contribution in [3.05, 3.63) is 30.1 Å². The van der Waals surface area contributed by atoms with Gasteiger partial charge in [0.25, 0.3) is 0 Å². The molecule has 0 radical (unpaired) electrons. The topological polar surface area (TPSA) is 79.6 Å². The number of aryl methyl sites for hydroxylation is 1. The van der Waals surface area contributed by atoms with Crippen LogP contribution in [0, 0.1) is 6.92 Å². The zero-order valence-corrected chi connectivity index (χ0v) is 7.78. The van der Waals surface area contributed by atoms with E-state index in [9.17, 15) is 0 Å². The molecule has 0 fully saturated rings. The van der Waals surface area contributed by atoms with E-state index in [1.54, 1.807) is 6.20 Å². The van der Waals surface area contributed by atoms with Gasteiger partial charge in [-0.2, -0.15) is 0 Å². The molecule has 0 saturated heterocycles. The third kappa shape index (κ3) is 1.45. The predicted molar refractivity (Wildman–Crippen MR) is 54.4 cm³/mol. The molecule has 0 spiro atoms. The second kappa shape index (κ2) is 3.47. The van der Waals surface area contributed by atoms with E-state index in [-0.39, 0.29) is 0 Å². The lowest BCUT2D eigenvalue weighted by Gasteiger charge is -1.95. The lowest BCUT2D eigenvalue weighted by atomic mass is 10.2. The second-order valence-electron chi connectivity index (χ2n) is 2.92. The van der Waals surface area contributed by atoms with Crippen molar-refractivity contribution < 1.29 is 0 Å². The second-order valence-corrected chi connectivity index (χ2v) is 2.92. The van der Waals surface area contributed by atoms with Gasteiger partial charge < -0.3 is 4.98 Å². The highest BCUT2D eigenvalue weighted by atomic mass is 15.3. The summed E-state index contributed by atoms with van der Waals surface area (Å²) in [6, 6.07) is 5.70. The predicted octanol–water partition coefficient (Wildman–Crippen LogP) is 1.07. The monoisotopic (exact) mass is 189 g/mol. The van der Waals surface area contributed by atoms with Gasteiger partial charge in [-0.15, -0.1) is 0 Å². The molecule has 2 rings (SSSR count). The molecule has 0 aliphatic heterocycles. The molecule has 0 atom stereocenters. The number of anilines is 1. The molecule has 0 saturated carbocycles. The molecule has 2 aromatic rings. The summed E-state index contributed by atoms with van der Waals surface area (Å²) in [7, 11) is 0. The Bertz CT molecular complexity index is 420. The van der Waals surface area contributed by atoms with Crippen LogP contribution in [0.3, 0.4) is 0 Å². The first-order valence-corrected chi connectivity index (χ1v) is 4.26. The highest BCUT2D eigenvalue weighted by Gasteiger charge is 2.08. The number of aromatic amines is 1. The van der Waals surface area contributed by atoms with E-state index in [0.717, 1.165) is 17.1 Å². The molecule has 0 aliphatic rings. The van der Waals surface area contributed by atoms with Gasteiger partial charge in [0, 0.05) is 11.9 Å². The summed E-state index contributed by atoms with van der Waals surface area (Å²) in [6.07, 6.45) is 1.74. The maximum Gasteiger partial charge on any atom is 0.215 e. The number of hydrogen-bond donors (Lipinski definition) is 3. The molecule has 4 N–H and O–H groups in total. The summed E-state index contributed by atoms with van der Waals surface area (Å²) in [5.74, 6) is 5.79. The zero-order valence-electron chi connectivity index (χ0n) is 7.78. The van der Waals surface area contributed by atoms with Crippen LogP contribution in [0.4, 0.5) is 5.95 Å². The molecule has 2 heterocycles. The lowest BCUT2D eigenvalue weighted by molar-refractivity contribution is 1.18. The number of nitrogens with zero attached hydrogens (tertiary/aromatic N) is 2. The fraction of sp³-hybridized carbons (Fsp3) is 0.111. The first kappa shape index (κ1) is 8.71. The molecule has 2 aromatic heterocycles. The highest BCUT2D eigenvalue weighted by molar-refractivity contribution is 5.59. The van der Waals surface area contributed by atoms with Gasteiger partial charge in [0.15, 0.2) is 0 Å². The van der Waals surface area contributed by atoms with Gasteiger partial charge in [0.1, 0.15) is 5.69 Å². The van der Waals surface area contributed by atoms with E-state index in [1.165, 1.54) is 0 Å². The van der Waals surface area contributed by atoms with Crippen LogP contribution in [-0.4, -0.2) is 15.0 Å². The van der Waals surface area contributed by atoms with Crippen molar-refractivity contribution in [2.24, 2.45) is 5.84 Å². The fourth-order valence-corrected chi connectivity index (χ4v) is 1.28. The number of H-pyrrole nitrogens is 1. The van der Waals surface area contributed by atoms with Crippen LogP contribution in [0.15, 0.2) is 24.4 Å². The summed E-state index contributed by atoms with van der Waals surface area (Å²) < 4.78 is 0. The minimum atomic E-state index is 0.545. The van der Waals surface area contributed by atoms with Gasteiger partial charge in [-0.25, -0.2) is 10.8 Å². The average Bonchev–Trinajstić information content (AvgIpc) is 2.61. The van der Waals surface area contributed by atoms with Gasteiger partial charge in [-0.05, 0) is 19.1 Å². The van der Waals surface area contributed by atoms with E-state index in [4.69, 9.17) is 5.84 Å². The Morgan fingerprint density at radius 3 is 2.86 bits per heavy atom. The number of nitrogens with two attached hydrogens (primary N) is 1. The van der Waals surface area contributed by atoms with E-state index in [0.29, 0.717) is 5.95 Å². The van der Waals surface area contributed by atoms with Crippen LogP contribution >= 0.6 is 0 Å². The number of pyridine rings is 1. The molecule has 72 valence electrons. The van der Waals surface area contributed by atoms with Crippen molar-refractivity contribution >= 4 is 5.95 Å². The zero-order chi connectivity index (χ0) is 9.97. The number of nitrogen functional groups attached to an aromatic ring is 1. The van der Waals surface area contributed by atoms with E-state index in [1.807, 2.05) is 25.1 Å². The van der Waals surface area contributed by atoms with Gasteiger partial charge in [0.05, 0.1) is 5.69 Å².